The Morgan fingerprint density at radius 3 is 2.42 bits per heavy atom. The third-order valence-electron chi connectivity index (χ3n) is 4.45. The summed E-state index contributed by atoms with van der Waals surface area (Å²) < 4.78 is 5.38. The molecule has 0 atom stereocenters. The van der Waals surface area contributed by atoms with Crippen LogP contribution >= 0.6 is 0 Å². The number of hydrogen-bond acceptors (Lipinski definition) is 3. The Morgan fingerprint density at radius 1 is 1.16 bits per heavy atom. The minimum Gasteiger partial charge on any atom is -0.394 e. The lowest BCUT2D eigenvalue weighted by Crippen LogP contribution is -2.51. The van der Waals surface area contributed by atoms with Crippen LogP contribution in [0.15, 0.2) is 24.3 Å². The van der Waals surface area contributed by atoms with Crippen LogP contribution in [-0.4, -0.2) is 30.5 Å². The molecule has 3 rings (SSSR count). The minimum atomic E-state index is -0.145. The molecule has 19 heavy (non-hydrogen) atoms. The SMILES string of the molecule is OCC1(NCc2ccc(C3CC3)cc2)CCOCC1. The molecule has 1 aromatic rings. The van der Waals surface area contributed by atoms with Crippen LogP contribution in [0.1, 0.15) is 42.7 Å². The highest BCUT2D eigenvalue weighted by atomic mass is 16.5. The molecule has 0 spiro atoms. The Bertz CT molecular complexity index is 405. The van der Waals surface area contributed by atoms with E-state index in [1.54, 1.807) is 0 Å². The zero-order valence-corrected chi connectivity index (χ0v) is 11.4. The third-order valence-corrected chi connectivity index (χ3v) is 4.45. The Hall–Kier alpha value is -0.900. The van der Waals surface area contributed by atoms with Crippen molar-refractivity contribution in [3.05, 3.63) is 35.4 Å². The van der Waals surface area contributed by atoms with E-state index < -0.39 is 0 Å². The van der Waals surface area contributed by atoms with Gasteiger partial charge in [-0.05, 0) is 42.7 Å². The molecule has 1 saturated carbocycles. The van der Waals surface area contributed by atoms with Gasteiger partial charge in [0.05, 0.1) is 6.61 Å². The number of aliphatic hydroxyl groups is 1. The molecular formula is C16H23NO2. The van der Waals surface area contributed by atoms with E-state index in [0.717, 1.165) is 38.5 Å². The van der Waals surface area contributed by atoms with Crippen molar-refractivity contribution in [2.45, 2.75) is 43.7 Å². The average molecular weight is 261 g/mol. The molecule has 2 N–H and O–H groups in total. The molecule has 3 heteroatoms. The summed E-state index contributed by atoms with van der Waals surface area (Å²) in [5.41, 5.74) is 2.63. The zero-order valence-electron chi connectivity index (χ0n) is 11.4. The van der Waals surface area contributed by atoms with Crippen LogP contribution < -0.4 is 5.32 Å². The first-order valence-corrected chi connectivity index (χ1v) is 7.34. The van der Waals surface area contributed by atoms with Gasteiger partial charge in [-0.2, -0.15) is 0 Å². The van der Waals surface area contributed by atoms with E-state index in [9.17, 15) is 5.11 Å². The zero-order chi connectivity index (χ0) is 13.1. The Kier molecular flexibility index (Phi) is 3.87. The highest BCUT2D eigenvalue weighted by Gasteiger charge is 2.31. The molecule has 0 aromatic heterocycles. The van der Waals surface area contributed by atoms with E-state index >= 15 is 0 Å². The van der Waals surface area contributed by atoms with Gasteiger partial charge in [0.15, 0.2) is 0 Å². The topological polar surface area (TPSA) is 41.5 Å². The summed E-state index contributed by atoms with van der Waals surface area (Å²) >= 11 is 0. The summed E-state index contributed by atoms with van der Waals surface area (Å²) in [5, 5.41) is 13.2. The molecule has 1 saturated heterocycles. The Labute approximate surface area is 115 Å². The molecule has 0 unspecified atom stereocenters. The van der Waals surface area contributed by atoms with Gasteiger partial charge in [0.1, 0.15) is 0 Å². The van der Waals surface area contributed by atoms with E-state index in [1.807, 2.05) is 0 Å². The van der Waals surface area contributed by atoms with Gasteiger partial charge >= 0.3 is 0 Å². The third kappa shape index (κ3) is 3.16. The van der Waals surface area contributed by atoms with Crippen LogP contribution in [0.2, 0.25) is 0 Å². The van der Waals surface area contributed by atoms with Crippen molar-refractivity contribution >= 4 is 0 Å². The van der Waals surface area contributed by atoms with Gasteiger partial charge in [-0.1, -0.05) is 24.3 Å². The first-order valence-electron chi connectivity index (χ1n) is 7.34. The lowest BCUT2D eigenvalue weighted by Gasteiger charge is -2.36. The number of aliphatic hydroxyl groups excluding tert-OH is 1. The average Bonchev–Trinajstić information content (AvgIpc) is 3.31. The summed E-state index contributed by atoms with van der Waals surface area (Å²) in [7, 11) is 0. The second-order valence-corrected chi connectivity index (χ2v) is 5.92. The van der Waals surface area contributed by atoms with Crippen molar-refractivity contribution in [2.75, 3.05) is 19.8 Å². The highest BCUT2D eigenvalue weighted by molar-refractivity contribution is 5.28. The predicted octanol–water partition coefficient (Wildman–Crippen LogP) is 2.20. The molecule has 1 aliphatic heterocycles. The van der Waals surface area contributed by atoms with Gasteiger partial charge in [0.25, 0.3) is 0 Å². The van der Waals surface area contributed by atoms with Gasteiger partial charge < -0.3 is 15.2 Å². The van der Waals surface area contributed by atoms with E-state index in [0.29, 0.717) is 0 Å². The normalized spacial score (nSPS) is 22.4. The summed E-state index contributed by atoms with van der Waals surface area (Å²) in [6.07, 6.45) is 4.49. The largest absolute Gasteiger partial charge is 0.394 e. The number of benzene rings is 1. The summed E-state index contributed by atoms with van der Waals surface area (Å²) in [4.78, 5) is 0. The number of rotatable bonds is 5. The molecule has 2 fully saturated rings. The Morgan fingerprint density at radius 2 is 1.84 bits per heavy atom. The van der Waals surface area contributed by atoms with Crippen LogP contribution in [0.4, 0.5) is 0 Å². The fraction of sp³-hybridized carbons (Fsp3) is 0.625. The van der Waals surface area contributed by atoms with Crippen molar-refractivity contribution in [2.24, 2.45) is 0 Å². The van der Waals surface area contributed by atoms with Crippen LogP contribution in [0.3, 0.4) is 0 Å². The standard InChI is InChI=1S/C16H23NO2/c18-12-16(7-9-19-10-8-16)17-11-13-1-3-14(4-2-13)15-5-6-15/h1-4,15,17-18H,5-12H2. The summed E-state index contributed by atoms with van der Waals surface area (Å²) in [5.74, 6) is 0.821. The fourth-order valence-corrected chi connectivity index (χ4v) is 2.77. The smallest absolute Gasteiger partial charge is 0.0615 e. The molecule has 104 valence electrons. The van der Waals surface area contributed by atoms with Gasteiger partial charge in [-0.3, -0.25) is 0 Å². The maximum absolute atomic E-state index is 9.63. The quantitative estimate of drug-likeness (QED) is 0.854. The highest BCUT2D eigenvalue weighted by Crippen LogP contribution is 2.39. The molecule has 0 amide bonds. The van der Waals surface area contributed by atoms with Gasteiger partial charge in [-0.25, -0.2) is 0 Å². The number of ether oxygens (including phenoxy) is 1. The van der Waals surface area contributed by atoms with Crippen molar-refractivity contribution < 1.29 is 9.84 Å². The van der Waals surface area contributed by atoms with Crippen molar-refractivity contribution in [3.8, 4) is 0 Å². The summed E-state index contributed by atoms with van der Waals surface area (Å²) in [6.45, 7) is 2.50. The number of hydrogen-bond donors (Lipinski definition) is 2. The summed E-state index contributed by atoms with van der Waals surface area (Å²) in [6, 6.07) is 8.94. The van der Waals surface area contributed by atoms with E-state index in [1.165, 1.54) is 24.0 Å². The molecule has 0 radical (unpaired) electrons. The molecule has 1 heterocycles. The second kappa shape index (κ2) is 5.61. The van der Waals surface area contributed by atoms with Crippen LogP contribution in [0.25, 0.3) is 0 Å². The van der Waals surface area contributed by atoms with Crippen LogP contribution in [-0.2, 0) is 11.3 Å². The van der Waals surface area contributed by atoms with Gasteiger partial charge in [-0.15, -0.1) is 0 Å². The van der Waals surface area contributed by atoms with E-state index in [-0.39, 0.29) is 12.1 Å². The predicted molar refractivity (Wildman–Crippen MR) is 75.1 cm³/mol. The second-order valence-electron chi connectivity index (χ2n) is 5.92. The van der Waals surface area contributed by atoms with Crippen molar-refractivity contribution in [1.29, 1.82) is 0 Å². The number of nitrogens with one attached hydrogen (secondary N) is 1. The maximum Gasteiger partial charge on any atom is 0.0615 e. The van der Waals surface area contributed by atoms with Crippen LogP contribution in [0, 0.1) is 0 Å². The molecule has 1 aliphatic carbocycles. The Balaban J connectivity index is 1.57. The molecule has 3 nitrogen and oxygen atoms in total. The van der Waals surface area contributed by atoms with Crippen molar-refractivity contribution in [3.63, 3.8) is 0 Å². The molecule has 2 aliphatic rings. The molecule has 1 aromatic carbocycles. The molecular weight excluding hydrogens is 238 g/mol. The first kappa shape index (κ1) is 13.1. The van der Waals surface area contributed by atoms with Gasteiger partial charge in [0, 0.05) is 25.3 Å². The minimum absolute atomic E-state index is 0.145. The van der Waals surface area contributed by atoms with Crippen LogP contribution in [0.5, 0.6) is 0 Å². The lowest BCUT2D eigenvalue weighted by atomic mass is 9.90. The maximum atomic E-state index is 9.63. The van der Waals surface area contributed by atoms with E-state index in [2.05, 4.69) is 29.6 Å². The van der Waals surface area contributed by atoms with Crippen molar-refractivity contribution in [1.82, 2.24) is 5.32 Å². The van der Waals surface area contributed by atoms with E-state index in [4.69, 9.17) is 4.74 Å². The fourth-order valence-electron chi connectivity index (χ4n) is 2.77. The molecule has 0 bridgehead atoms. The van der Waals surface area contributed by atoms with Gasteiger partial charge in [0.2, 0.25) is 0 Å². The lowest BCUT2D eigenvalue weighted by molar-refractivity contribution is 0.0112. The monoisotopic (exact) mass is 261 g/mol. The first-order chi connectivity index (χ1) is 9.31.